The van der Waals surface area contributed by atoms with Crippen LogP contribution < -0.4 is 10.1 Å². The van der Waals surface area contributed by atoms with Gasteiger partial charge in [0.05, 0.1) is 13.2 Å². The summed E-state index contributed by atoms with van der Waals surface area (Å²) in [5, 5.41) is 2.32. The van der Waals surface area contributed by atoms with Crippen LogP contribution in [-0.4, -0.2) is 31.0 Å². The summed E-state index contributed by atoms with van der Waals surface area (Å²) in [5.41, 5.74) is 1.58. The van der Waals surface area contributed by atoms with Crippen LogP contribution >= 0.6 is 0 Å². The lowest BCUT2D eigenvalue weighted by Gasteiger charge is -2.25. The third kappa shape index (κ3) is 4.54. The molecule has 0 bridgehead atoms. The molecule has 0 aromatic heterocycles. The Kier molecular flexibility index (Phi) is 6.09. The number of ether oxygens (including phenoxy) is 1. The molecule has 0 aliphatic rings. The van der Waals surface area contributed by atoms with Crippen molar-refractivity contribution in [1.82, 2.24) is 4.90 Å². The molecule has 0 radical (unpaired) electrons. The quantitative estimate of drug-likeness (QED) is 0.865. The number of hydrogen-bond acceptors (Lipinski definition) is 3. The predicted molar refractivity (Wildman–Crippen MR) is 93.6 cm³/mol. The first-order chi connectivity index (χ1) is 11.8. The van der Waals surface area contributed by atoms with Gasteiger partial charge in [-0.2, -0.15) is 0 Å². The number of nitrogens with one attached hydrogen (secondary N) is 1. The second kappa shape index (κ2) is 8.07. The van der Waals surface area contributed by atoms with Gasteiger partial charge in [0.25, 0.3) is 0 Å². The van der Waals surface area contributed by atoms with Gasteiger partial charge in [0.2, 0.25) is 5.91 Å². The number of benzene rings is 2. The fourth-order valence-corrected chi connectivity index (χ4v) is 2.48. The van der Waals surface area contributed by atoms with Gasteiger partial charge < -0.3 is 10.1 Å². The van der Waals surface area contributed by atoms with E-state index in [2.05, 4.69) is 5.32 Å². The number of carbonyl (C=O) groups excluding carboxylic acids is 1. The molecule has 2 aromatic carbocycles. The minimum absolute atomic E-state index is 0.430. The van der Waals surface area contributed by atoms with E-state index in [9.17, 15) is 13.6 Å². The summed E-state index contributed by atoms with van der Waals surface area (Å²) in [4.78, 5) is 14.1. The first kappa shape index (κ1) is 18.9. The lowest BCUT2D eigenvalue weighted by Crippen LogP contribution is -2.39. The van der Waals surface area contributed by atoms with Crippen molar-refractivity contribution in [3.63, 3.8) is 0 Å². The number of halogens is 2. The van der Waals surface area contributed by atoms with Crippen molar-refractivity contribution in [1.29, 1.82) is 0 Å². The lowest BCUT2D eigenvalue weighted by atomic mass is 10.1. The highest BCUT2D eigenvalue weighted by atomic mass is 19.1. The van der Waals surface area contributed by atoms with Crippen LogP contribution in [0.25, 0.3) is 0 Å². The van der Waals surface area contributed by atoms with E-state index in [1.54, 1.807) is 26.0 Å². The number of para-hydroxylation sites is 1. The highest BCUT2D eigenvalue weighted by Crippen LogP contribution is 2.22. The number of likely N-dealkylation sites (N-methyl/N-ethyl adjacent to an activating group) is 1. The molecule has 0 aliphatic carbocycles. The Labute approximate surface area is 146 Å². The second-order valence-electron chi connectivity index (χ2n) is 5.99. The molecule has 0 saturated heterocycles. The summed E-state index contributed by atoms with van der Waals surface area (Å²) >= 11 is 0. The highest BCUT2D eigenvalue weighted by Gasteiger charge is 2.21. The zero-order valence-corrected chi connectivity index (χ0v) is 14.8. The van der Waals surface area contributed by atoms with Gasteiger partial charge in [-0.15, -0.1) is 0 Å². The van der Waals surface area contributed by atoms with Gasteiger partial charge in [0.1, 0.15) is 23.1 Å². The summed E-state index contributed by atoms with van der Waals surface area (Å²) in [5.74, 6) is -1.37. The van der Waals surface area contributed by atoms with Crippen LogP contribution in [-0.2, 0) is 11.3 Å². The maximum absolute atomic E-state index is 13.7. The van der Waals surface area contributed by atoms with E-state index in [1.807, 2.05) is 25.1 Å². The van der Waals surface area contributed by atoms with Gasteiger partial charge in [-0.25, -0.2) is 8.78 Å². The summed E-state index contributed by atoms with van der Waals surface area (Å²) in [7, 11) is 3.36. The minimum Gasteiger partial charge on any atom is -0.496 e. The van der Waals surface area contributed by atoms with Crippen LogP contribution in [0.5, 0.6) is 5.75 Å². The molecule has 6 heteroatoms. The SMILES string of the molecule is COc1ccc(C)cc1CN(C)C(C)C(=O)Nc1c(F)cccc1F. The molecule has 0 heterocycles. The lowest BCUT2D eigenvalue weighted by molar-refractivity contribution is -0.120. The van der Waals surface area contributed by atoms with Crippen LogP contribution in [0.2, 0.25) is 0 Å². The summed E-state index contributed by atoms with van der Waals surface area (Å²) < 4.78 is 32.7. The maximum atomic E-state index is 13.7. The molecule has 0 saturated carbocycles. The number of methoxy groups -OCH3 is 1. The van der Waals surface area contributed by atoms with E-state index in [4.69, 9.17) is 4.74 Å². The van der Waals surface area contributed by atoms with Gasteiger partial charge in [-0.05, 0) is 39.1 Å². The first-order valence-electron chi connectivity index (χ1n) is 7.92. The predicted octanol–water partition coefficient (Wildman–Crippen LogP) is 3.74. The second-order valence-corrected chi connectivity index (χ2v) is 5.99. The molecular weight excluding hydrogens is 326 g/mol. The van der Waals surface area contributed by atoms with Gasteiger partial charge in [0.15, 0.2) is 0 Å². The Morgan fingerprint density at radius 3 is 2.48 bits per heavy atom. The topological polar surface area (TPSA) is 41.6 Å². The third-order valence-electron chi connectivity index (χ3n) is 4.11. The van der Waals surface area contributed by atoms with Gasteiger partial charge in [-0.1, -0.05) is 23.8 Å². The van der Waals surface area contributed by atoms with Gasteiger partial charge in [0, 0.05) is 12.1 Å². The van der Waals surface area contributed by atoms with Crippen LogP contribution in [0, 0.1) is 18.6 Å². The number of hydrogen-bond donors (Lipinski definition) is 1. The Bertz CT molecular complexity index is 745. The van der Waals surface area contributed by atoms with E-state index in [0.717, 1.165) is 29.0 Å². The molecular formula is C19H22F2N2O2. The molecule has 1 unspecified atom stereocenters. The Morgan fingerprint density at radius 1 is 1.24 bits per heavy atom. The number of nitrogens with zero attached hydrogens (tertiary/aromatic N) is 1. The van der Waals surface area contributed by atoms with Crippen molar-refractivity contribution in [3.05, 3.63) is 59.2 Å². The van der Waals surface area contributed by atoms with Crippen LogP contribution in [0.3, 0.4) is 0 Å². The van der Waals surface area contributed by atoms with Crippen molar-refractivity contribution in [3.8, 4) is 5.75 Å². The summed E-state index contributed by atoms with van der Waals surface area (Å²) in [6, 6.07) is 8.66. The fraction of sp³-hybridized carbons (Fsp3) is 0.316. The number of carbonyl (C=O) groups is 1. The first-order valence-corrected chi connectivity index (χ1v) is 7.92. The fourth-order valence-electron chi connectivity index (χ4n) is 2.48. The summed E-state index contributed by atoms with van der Waals surface area (Å²) in [6.45, 7) is 4.11. The van der Waals surface area contributed by atoms with Crippen LogP contribution in [0.15, 0.2) is 36.4 Å². The van der Waals surface area contributed by atoms with Crippen molar-refractivity contribution in [2.24, 2.45) is 0 Å². The largest absolute Gasteiger partial charge is 0.496 e. The van der Waals surface area contributed by atoms with Crippen LogP contribution in [0.4, 0.5) is 14.5 Å². The average Bonchev–Trinajstić information content (AvgIpc) is 2.57. The van der Waals surface area contributed by atoms with Gasteiger partial charge >= 0.3 is 0 Å². The Hall–Kier alpha value is -2.47. The van der Waals surface area contributed by atoms with Crippen LogP contribution in [0.1, 0.15) is 18.1 Å². The monoisotopic (exact) mass is 348 g/mol. The molecule has 1 N–H and O–H groups in total. The molecule has 4 nitrogen and oxygen atoms in total. The molecule has 2 rings (SSSR count). The zero-order valence-electron chi connectivity index (χ0n) is 14.8. The molecule has 0 fully saturated rings. The smallest absolute Gasteiger partial charge is 0.241 e. The maximum Gasteiger partial charge on any atom is 0.241 e. The highest BCUT2D eigenvalue weighted by molar-refractivity contribution is 5.94. The average molecular weight is 348 g/mol. The van der Waals surface area contributed by atoms with Gasteiger partial charge in [-0.3, -0.25) is 9.69 Å². The van der Waals surface area contributed by atoms with Crippen molar-refractivity contribution < 1.29 is 18.3 Å². The number of amides is 1. The van der Waals surface area contributed by atoms with Crippen molar-refractivity contribution in [2.75, 3.05) is 19.5 Å². The molecule has 134 valence electrons. The zero-order chi connectivity index (χ0) is 18.6. The molecule has 0 spiro atoms. The van der Waals surface area contributed by atoms with E-state index in [-0.39, 0.29) is 0 Å². The van der Waals surface area contributed by atoms with Crippen molar-refractivity contribution in [2.45, 2.75) is 26.4 Å². The molecule has 0 aliphatic heterocycles. The molecule has 1 amide bonds. The number of aryl methyl sites for hydroxylation is 1. The Balaban J connectivity index is 2.10. The standard InChI is InChI=1S/C19H22F2N2O2/c1-12-8-9-17(25-4)14(10-12)11-23(3)13(2)19(24)22-18-15(20)6-5-7-16(18)21/h5-10,13H,11H2,1-4H3,(H,22,24). The normalized spacial score (nSPS) is 12.1. The van der Waals surface area contributed by atoms with E-state index < -0.39 is 29.3 Å². The van der Waals surface area contributed by atoms with E-state index >= 15 is 0 Å². The minimum atomic E-state index is -0.802. The number of anilines is 1. The summed E-state index contributed by atoms with van der Waals surface area (Å²) in [6.07, 6.45) is 0. The van der Waals surface area contributed by atoms with E-state index in [1.165, 1.54) is 6.07 Å². The molecule has 2 aromatic rings. The third-order valence-corrected chi connectivity index (χ3v) is 4.11. The Morgan fingerprint density at radius 2 is 1.88 bits per heavy atom. The number of rotatable bonds is 6. The molecule has 1 atom stereocenters. The van der Waals surface area contributed by atoms with Crippen molar-refractivity contribution >= 4 is 11.6 Å². The van der Waals surface area contributed by atoms with E-state index in [0.29, 0.717) is 6.54 Å². The molecule has 25 heavy (non-hydrogen) atoms.